The summed E-state index contributed by atoms with van der Waals surface area (Å²) in [5.41, 5.74) is 7.93. The molecule has 1 aromatic rings. The Labute approximate surface area is 89.6 Å². The second kappa shape index (κ2) is 3.07. The van der Waals surface area contributed by atoms with E-state index in [9.17, 15) is 0 Å². The van der Waals surface area contributed by atoms with Crippen molar-refractivity contribution in [3.05, 3.63) is 20.8 Å². The fourth-order valence-corrected chi connectivity index (χ4v) is 2.19. The Hall–Kier alpha value is -0.960. The van der Waals surface area contributed by atoms with Crippen LogP contribution in [-0.4, -0.2) is 6.61 Å². The average Bonchev–Trinajstić information content (AvgIpc) is 2.59. The summed E-state index contributed by atoms with van der Waals surface area (Å²) in [6, 6.07) is 3.90. The number of nitriles is 1. The molecule has 1 aliphatic heterocycles. The second-order valence-corrected chi connectivity index (χ2v) is 3.93. The zero-order valence-electron chi connectivity index (χ0n) is 6.80. The fraction of sp³-hybridized carbons (Fsp3) is 0.222. The lowest BCUT2D eigenvalue weighted by Crippen LogP contribution is -1.97. The van der Waals surface area contributed by atoms with E-state index < -0.39 is 0 Å². The maximum atomic E-state index is 8.80. The van der Waals surface area contributed by atoms with Crippen LogP contribution in [-0.2, 0) is 6.42 Å². The number of rotatable bonds is 0. The number of benzene rings is 1. The normalized spacial score (nSPS) is 13.2. The van der Waals surface area contributed by atoms with Crippen molar-refractivity contribution >= 4 is 28.3 Å². The number of fused-ring (bicyclic) bond motifs is 1. The fourth-order valence-electron chi connectivity index (χ4n) is 1.40. The number of nitrogens with two attached hydrogens (primary N) is 1. The van der Waals surface area contributed by atoms with Gasteiger partial charge in [0.25, 0.3) is 0 Å². The van der Waals surface area contributed by atoms with Crippen molar-refractivity contribution in [2.75, 3.05) is 12.3 Å². The lowest BCUT2D eigenvalue weighted by Gasteiger charge is -2.06. The van der Waals surface area contributed by atoms with E-state index in [2.05, 4.69) is 28.7 Å². The number of hydrogen-bond acceptors (Lipinski definition) is 3. The standard InChI is InChI=1S/C9H7IN2O/c10-7-8(12)6(4-11)3-5-1-2-13-9(5)7/h3H,1-2,12H2. The molecule has 3 nitrogen and oxygen atoms in total. The van der Waals surface area contributed by atoms with Crippen molar-refractivity contribution < 1.29 is 4.74 Å². The summed E-state index contributed by atoms with van der Waals surface area (Å²) in [4.78, 5) is 0. The maximum absolute atomic E-state index is 8.80. The number of anilines is 1. The van der Waals surface area contributed by atoms with Crippen LogP contribution in [0.2, 0.25) is 0 Å². The summed E-state index contributed by atoms with van der Waals surface area (Å²) in [7, 11) is 0. The first-order chi connectivity index (χ1) is 6.24. The highest BCUT2D eigenvalue weighted by Gasteiger charge is 2.19. The zero-order chi connectivity index (χ0) is 9.42. The Kier molecular flexibility index (Phi) is 2.04. The molecule has 0 atom stereocenters. The molecule has 0 aromatic heterocycles. The van der Waals surface area contributed by atoms with Gasteiger partial charge in [0, 0.05) is 12.0 Å². The Morgan fingerprint density at radius 3 is 3.08 bits per heavy atom. The number of nitrogen functional groups attached to an aromatic ring is 1. The molecule has 0 fully saturated rings. The van der Waals surface area contributed by atoms with Crippen LogP contribution in [0.1, 0.15) is 11.1 Å². The van der Waals surface area contributed by atoms with E-state index in [-0.39, 0.29) is 0 Å². The molecule has 0 radical (unpaired) electrons. The van der Waals surface area contributed by atoms with Gasteiger partial charge in [0.15, 0.2) is 0 Å². The minimum absolute atomic E-state index is 0.531. The van der Waals surface area contributed by atoms with Gasteiger partial charge in [0.2, 0.25) is 0 Å². The van der Waals surface area contributed by atoms with Crippen molar-refractivity contribution in [3.8, 4) is 11.8 Å². The lowest BCUT2D eigenvalue weighted by molar-refractivity contribution is 0.355. The minimum Gasteiger partial charge on any atom is -0.492 e. The van der Waals surface area contributed by atoms with Crippen LogP contribution in [0.25, 0.3) is 0 Å². The molecule has 0 saturated heterocycles. The van der Waals surface area contributed by atoms with Gasteiger partial charge in [-0.05, 0) is 28.7 Å². The summed E-state index contributed by atoms with van der Waals surface area (Å²) >= 11 is 2.12. The van der Waals surface area contributed by atoms with Crippen LogP contribution < -0.4 is 10.5 Å². The van der Waals surface area contributed by atoms with Gasteiger partial charge in [-0.1, -0.05) is 0 Å². The molecule has 2 rings (SSSR count). The quantitative estimate of drug-likeness (QED) is 0.583. The highest BCUT2D eigenvalue weighted by atomic mass is 127. The van der Waals surface area contributed by atoms with Crippen molar-refractivity contribution in [2.45, 2.75) is 6.42 Å². The van der Waals surface area contributed by atoms with Crippen LogP contribution in [0.4, 0.5) is 5.69 Å². The lowest BCUT2D eigenvalue weighted by atomic mass is 10.1. The molecule has 1 aromatic carbocycles. The van der Waals surface area contributed by atoms with Crippen LogP contribution in [0.5, 0.6) is 5.75 Å². The van der Waals surface area contributed by atoms with Crippen molar-refractivity contribution in [2.24, 2.45) is 0 Å². The highest BCUT2D eigenvalue weighted by molar-refractivity contribution is 14.1. The predicted octanol–water partition coefficient (Wildman–Crippen LogP) is 1.68. The van der Waals surface area contributed by atoms with Crippen LogP contribution in [0, 0.1) is 14.9 Å². The molecule has 0 aliphatic carbocycles. The van der Waals surface area contributed by atoms with Crippen LogP contribution in [0.3, 0.4) is 0 Å². The van der Waals surface area contributed by atoms with Gasteiger partial charge in [-0.3, -0.25) is 0 Å². The van der Waals surface area contributed by atoms with E-state index >= 15 is 0 Å². The molecular weight excluding hydrogens is 279 g/mol. The zero-order valence-corrected chi connectivity index (χ0v) is 8.96. The molecule has 1 aliphatic rings. The predicted molar refractivity (Wildman–Crippen MR) is 57.5 cm³/mol. The Bertz CT molecular complexity index is 405. The molecule has 0 amide bonds. The van der Waals surface area contributed by atoms with E-state index in [1.165, 1.54) is 0 Å². The van der Waals surface area contributed by atoms with Gasteiger partial charge in [0.05, 0.1) is 21.4 Å². The molecule has 13 heavy (non-hydrogen) atoms. The summed E-state index contributed by atoms with van der Waals surface area (Å²) in [6.07, 6.45) is 0.875. The van der Waals surface area contributed by atoms with E-state index in [1.54, 1.807) is 0 Å². The van der Waals surface area contributed by atoms with Gasteiger partial charge in [-0.2, -0.15) is 5.26 Å². The molecule has 1 heterocycles. The molecule has 0 spiro atoms. The van der Waals surface area contributed by atoms with Gasteiger partial charge in [-0.25, -0.2) is 0 Å². The first-order valence-corrected chi connectivity index (χ1v) is 4.95. The Morgan fingerprint density at radius 1 is 1.62 bits per heavy atom. The van der Waals surface area contributed by atoms with Gasteiger partial charge in [-0.15, -0.1) is 0 Å². The number of hydrogen-bond donors (Lipinski definition) is 1. The SMILES string of the molecule is N#Cc1cc2c(c(I)c1N)OCC2. The summed E-state index contributed by atoms with van der Waals surface area (Å²) in [6.45, 7) is 0.694. The topological polar surface area (TPSA) is 59.0 Å². The van der Waals surface area contributed by atoms with Gasteiger partial charge in [0.1, 0.15) is 11.8 Å². The monoisotopic (exact) mass is 286 g/mol. The highest BCUT2D eigenvalue weighted by Crippen LogP contribution is 2.36. The summed E-state index contributed by atoms with van der Waals surface area (Å²) in [5.74, 6) is 0.858. The first kappa shape index (κ1) is 8.63. The average molecular weight is 286 g/mol. The third kappa shape index (κ3) is 1.23. The molecule has 0 bridgehead atoms. The van der Waals surface area contributed by atoms with Crippen molar-refractivity contribution in [1.29, 1.82) is 5.26 Å². The summed E-state index contributed by atoms with van der Waals surface area (Å²) in [5, 5.41) is 8.80. The number of nitrogens with zero attached hydrogens (tertiary/aromatic N) is 1. The minimum atomic E-state index is 0.531. The van der Waals surface area contributed by atoms with Gasteiger partial charge < -0.3 is 10.5 Å². The molecule has 4 heteroatoms. The van der Waals surface area contributed by atoms with Crippen molar-refractivity contribution in [1.82, 2.24) is 0 Å². The van der Waals surface area contributed by atoms with E-state index in [1.807, 2.05) is 6.07 Å². The number of halogens is 1. The molecular formula is C9H7IN2O. The van der Waals surface area contributed by atoms with E-state index in [0.29, 0.717) is 17.9 Å². The molecule has 2 N–H and O–H groups in total. The Balaban J connectivity index is 2.70. The molecule has 66 valence electrons. The van der Waals surface area contributed by atoms with E-state index in [0.717, 1.165) is 21.3 Å². The van der Waals surface area contributed by atoms with E-state index in [4.69, 9.17) is 15.7 Å². The number of ether oxygens (including phenoxy) is 1. The van der Waals surface area contributed by atoms with Gasteiger partial charge >= 0.3 is 0 Å². The third-order valence-electron chi connectivity index (χ3n) is 2.07. The first-order valence-electron chi connectivity index (χ1n) is 3.87. The third-order valence-corrected chi connectivity index (χ3v) is 3.15. The molecule has 0 unspecified atom stereocenters. The van der Waals surface area contributed by atoms with Crippen LogP contribution >= 0.6 is 22.6 Å². The summed E-state index contributed by atoms with van der Waals surface area (Å²) < 4.78 is 6.28. The smallest absolute Gasteiger partial charge is 0.138 e. The largest absolute Gasteiger partial charge is 0.492 e. The van der Waals surface area contributed by atoms with Crippen LogP contribution in [0.15, 0.2) is 6.07 Å². The second-order valence-electron chi connectivity index (χ2n) is 2.85. The Morgan fingerprint density at radius 2 is 2.38 bits per heavy atom. The van der Waals surface area contributed by atoms with Crippen molar-refractivity contribution in [3.63, 3.8) is 0 Å². The molecule has 0 saturated carbocycles. The maximum Gasteiger partial charge on any atom is 0.138 e.